The molecule has 2 N–H and O–H groups in total. The van der Waals surface area contributed by atoms with Gasteiger partial charge in [-0.2, -0.15) is 0 Å². The van der Waals surface area contributed by atoms with E-state index in [1.165, 1.54) is 0 Å². The molecule has 1 aliphatic heterocycles. The molecule has 4 nitrogen and oxygen atoms in total. The summed E-state index contributed by atoms with van der Waals surface area (Å²) in [6, 6.07) is -0.0824. The molecule has 0 aromatic heterocycles. The third kappa shape index (κ3) is 4.00. The Morgan fingerprint density at radius 1 is 1.53 bits per heavy atom. The molecule has 1 saturated heterocycles. The van der Waals surface area contributed by atoms with Gasteiger partial charge < -0.3 is 10.6 Å². The van der Waals surface area contributed by atoms with Gasteiger partial charge in [0.1, 0.15) is 5.78 Å². The van der Waals surface area contributed by atoms with E-state index in [9.17, 15) is 9.59 Å². The minimum Gasteiger partial charge on any atom is -0.350 e. The standard InChI is InChI=1S/C11H20N2O2/c1-3-4-5-10-11(15)13-9(7-12-10)6-8(2)14/h9-10,12H,3-7H2,1-2H3,(H,13,15)/t9-,10-/m0/s1. The highest BCUT2D eigenvalue weighted by Crippen LogP contribution is 2.06. The first-order valence-corrected chi connectivity index (χ1v) is 5.66. The summed E-state index contributed by atoms with van der Waals surface area (Å²) in [6.45, 7) is 4.37. The highest BCUT2D eigenvalue weighted by Gasteiger charge is 2.26. The fraction of sp³-hybridized carbons (Fsp3) is 0.818. The summed E-state index contributed by atoms with van der Waals surface area (Å²) in [5.74, 6) is 0.162. The van der Waals surface area contributed by atoms with Crippen molar-refractivity contribution in [1.82, 2.24) is 10.6 Å². The van der Waals surface area contributed by atoms with Gasteiger partial charge in [-0.05, 0) is 13.3 Å². The summed E-state index contributed by atoms with van der Waals surface area (Å²) in [5, 5.41) is 6.08. The summed E-state index contributed by atoms with van der Waals surface area (Å²) in [6.07, 6.45) is 3.47. The number of rotatable bonds is 5. The van der Waals surface area contributed by atoms with Crippen LogP contribution in [-0.4, -0.2) is 30.3 Å². The van der Waals surface area contributed by atoms with Crippen LogP contribution in [0.1, 0.15) is 39.5 Å². The summed E-state index contributed by atoms with van der Waals surface area (Å²) in [4.78, 5) is 22.5. The molecule has 0 aromatic rings. The van der Waals surface area contributed by atoms with E-state index in [1.807, 2.05) is 0 Å². The van der Waals surface area contributed by atoms with Crippen molar-refractivity contribution in [2.45, 2.75) is 51.6 Å². The molecule has 2 atom stereocenters. The van der Waals surface area contributed by atoms with Crippen LogP contribution in [-0.2, 0) is 9.59 Å². The van der Waals surface area contributed by atoms with Crippen LogP contribution in [0.25, 0.3) is 0 Å². The maximum absolute atomic E-state index is 11.6. The second-order valence-corrected chi connectivity index (χ2v) is 4.21. The van der Waals surface area contributed by atoms with E-state index in [4.69, 9.17) is 0 Å². The summed E-state index contributed by atoms with van der Waals surface area (Å²) >= 11 is 0. The Morgan fingerprint density at radius 3 is 2.80 bits per heavy atom. The van der Waals surface area contributed by atoms with Crippen LogP contribution >= 0.6 is 0 Å². The zero-order chi connectivity index (χ0) is 11.3. The lowest BCUT2D eigenvalue weighted by Gasteiger charge is -2.29. The molecule has 1 fully saturated rings. The number of amides is 1. The summed E-state index contributed by atoms with van der Waals surface area (Å²) in [7, 11) is 0. The largest absolute Gasteiger partial charge is 0.350 e. The van der Waals surface area contributed by atoms with Gasteiger partial charge in [0, 0.05) is 19.0 Å². The van der Waals surface area contributed by atoms with E-state index in [1.54, 1.807) is 6.92 Å². The maximum Gasteiger partial charge on any atom is 0.237 e. The molecule has 1 amide bonds. The van der Waals surface area contributed by atoms with Gasteiger partial charge in [-0.1, -0.05) is 19.8 Å². The molecule has 0 saturated carbocycles. The smallest absolute Gasteiger partial charge is 0.237 e. The van der Waals surface area contributed by atoms with E-state index in [-0.39, 0.29) is 23.8 Å². The SMILES string of the molecule is CCCC[C@@H]1NC[C@H](CC(C)=O)NC1=O. The zero-order valence-electron chi connectivity index (χ0n) is 9.51. The topological polar surface area (TPSA) is 58.2 Å². The number of carbonyl (C=O) groups is 2. The Balaban J connectivity index is 2.34. The fourth-order valence-electron chi connectivity index (χ4n) is 1.84. The Hall–Kier alpha value is -0.900. The van der Waals surface area contributed by atoms with Crippen molar-refractivity contribution in [3.05, 3.63) is 0 Å². The van der Waals surface area contributed by atoms with Crippen LogP contribution in [0, 0.1) is 0 Å². The minimum absolute atomic E-state index is 0.0205. The third-order valence-electron chi connectivity index (χ3n) is 2.65. The quantitative estimate of drug-likeness (QED) is 0.702. The summed E-state index contributed by atoms with van der Waals surface area (Å²) < 4.78 is 0. The molecule has 86 valence electrons. The molecule has 15 heavy (non-hydrogen) atoms. The molecule has 0 unspecified atom stereocenters. The van der Waals surface area contributed by atoms with Crippen LogP contribution in [0.15, 0.2) is 0 Å². The van der Waals surface area contributed by atoms with Gasteiger partial charge in [-0.25, -0.2) is 0 Å². The number of Topliss-reactive ketones (excluding diaryl/α,β-unsaturated/α-hetero) is 1. The second kappa shape index (κ2) is 5.85. The molecule has 0 aromatic carbocycles. The van der Waals surface area contributed by atoms with Crippen molar-refractivity contribution in [3.63, 3.8) is 0 Å². The number of carbonyl (C=O) groups excluding carboxylic acids is 2. The van der Waals surface area contributed by atoms with Crippen molar-refractivity contribution >= 4 is 11.7 Å². The van der Waals surface area contributed by atoms with Crippen LogP contribution < -0.4 is 10.6 Å². The fourth-order valence-corrected chi connectivity index (χ4v) is 1.84. The van der Waals surface area contributed by atoms with Crippen LogP contribution in [0.3, 0.4) is 0 Å². The first-order chi connectivity index (χ1) is 7.13. The van der Waals surface area contributed by atoms with Crippen molar-refractivity contribution < 1.29 is 9.59 Å². The molecule has 0 bridgehead atoms. The number of hydrogen-bond donors (Lipinski definition) is 2. The first-order valence-electron chi connectivity index (χ1n) is 5.66. The predicted octanol–water partition coefficient (Wildman–Crippen LogP) is 0.612. The van der Waals surface area contributed by atoms with Gasteiger partial charge in [0.25, 0.3) is 0 Å². The van der Waals surface area contributed by atoms with E-state index in [2.05, 4.69) is 17.6 Å². The lowest BCUT2D eigenvalue weighted by molar-refractivity contribution is -0.126. The first kappa shape index (κ1) is 12.2. The Labute approximate surface area is 90.8 Å². The third-order valence-corrected chi connectivity index (χ3v) is 2.65. The van der Waals surface area contributed by atoms with Gasteiger partial charge in [0.05, 0.1) is 6.04 Å². The molecule has 1 rings (SSSR count). The molecule has 1 aliphatic rings. The highest BCUT2D eigenvalue weighted by atomic mass is 16.2. The van der Waals surface area contributed by atoms with Crippen molar-refractivity contribution in [3.8, 4) is 0 Å². The normalized spacial score (nSPS) is 26.1. The molecule has 1 heterocycles. The zero-order valence-corrected chi connectivity index (χ0v) is 9.51. The number of hydrogen-bond acceptors (Lipinski definition) is 3. The second-order valence-electron chi connectivity index (χ2n) is 4.21. The average molecular weight is 212 g/mol. The van der Waals surface area contributed by atoms with E-state index >= 15 is 0 Å². The van der Waals surface area contributed by atoms with E-state index in [0.29, 0.717) is 13.0 Å². The van der Waals surface area contributed by atoms with E-state index in [0.717, 1.165) is 19.3 Å². The lowest BCUT2D eigenvalue weighted by atomic mass is 10.0. The molecule has 4 heteroatoms. The highest BCUT2D eigenvalue weighted by molar-refractivity contribution is 5.84. The van der Waals surface area contributed by atoms with Crippen molar-refractivity contribution in [2.75, 3.05) is 6.54 Å². The molecule has 0 spiro atoms. The summed E-state index contributed by atoms with van der Waals surface area (Å²) in [5.41, 5.74) is 0. The van der Waals surface area contributed by atoms with Gasteiger partial charge in [-0.15, -0.1) is 0 Å². The molecule has 0 radical (unpaired) electrons. The van der Waals surface area contributed by atoms with Crippen LogP contribution in [0.5, 0.6) is 0 Å². The molecular formula is C11H20N2O2. The molecule has 0 aliphatic carbocycles. The Kier molecular flexibility index (Phi) is 4.75. The Bertz CT molecular complexity index is 241. The van der Waals surface area contributed by atoms with Crippen molar-refractivity contribution in [2.24, 2.45) is 0 Å². The van der Waals surface area contributed by atoms with Crippen LogP contribution in [0.4, 0.5) is 0 Å². The molecular weight excluding hydrogens is 192 g/mol. The Morgan fingerprint density at radius 2 is 2.27 bits per heavy atom. The van der Waals surface area contributed by atoms with Crippen LogP contribution in [0.2, 0.25) is 0 Å². The monoisotopic (exact) mass is 212 g/mol. The predicted molar refractivity (Wildman–Crippen MR) is 58.5 cm³/mol. The number of piperazine rings is 1. The van der Waals surface area contributed by atoms with Gasteiger partial charge in [0.15, 0.2) is 0 Å². The average Bonchev–Trinajstić information content (AvgIpc) is 2.15. The lowest BCUT2D eigenvalue weighted by Crippen LogP contribution is -2.58. The number of unbranched alkanes of at least 4 members (excludes halogenated alkanes) is 1. The van der Waals surface area contributed by atoms with Crippen molar-refractivity contribution in [1.29, 1.82) is 0 Å². The number of nitrogens with one attached hydrogen (secondary N) is 2. The van der Waals surface area contributed by atoms with Gasteiger partial charge >= 0.3 is 0 Å². The maximum atomic E-state index is 11.6. The van der Waals surface area contributed by atoms with E-state index < -0.39 is 0 Å². The minimum atomic E-state index is -0.0619. The van der Waals surface area contributed by atoms with Gasteiger partial charge in [-0.3, -0.25) is 9.59 Å². The number of ketones is 1. The van der Waals surface area contributed by atoms with Gasteiger partial charge in [0.2, 0.25) is 5.91 Å².